The first-order valence-corrected chi connectivity index (χ1v) is 11.3. The Labute approximate surface area is 172 Å². The maximum atomic E-state index is 12.8. The second kappa shape index (κ2) is 8.68. The van der Waals surface area contributed by atoms with Gasteiger partial charge in [0.2, 0.25) is 15.9 Å². The van der Waals surface area contributed by atoms with Crippen LogP contribution < -0.4 is 5.32 Å². The zero-order valence-corrected chi connectivity index (χ0v) is 19.1. The molecule has 2 aromatic rings. The minimum atomic E-state index is -3.56. The van der Waals surface area contributed by atoms with Crippen molar-refractivity contribution in [2.24, 2.45) is 0 Å². The monoisotopic (exact) mass is 420 g/mol. The Morgan fingerprint density at radius 1 is 1.00 bits per heavy atom. The molecule has 152 valence electrons. The molecule has 0 bridgehead atoms. The third-order valence-electron chi connectivity index (χ3n) is 4.51. The van der Waals surface area contributed by atoms with Crippen LogP contribution >= 0.6 is 11.8 Å². The van der Waals surface area contributed by atoms with Gasteiger partial charge in [-0.2, -0.15) is 0 Å². The zero-order valence-electron chi connectivity index (χ0n) is 17.5. The van der Waals surface area contributed by atoms with E-state index in [1.54, 1.807) is 12.1 Å². The van der Waals surface area contributed by atoms with Crippen LogP contribution in [0.5, 0.6) is 0 Å². The van der Waals surface area contributed by atoms with E-state index in [9.17, 15) is 13.2 Å². The van der Waals surface area contributed by atoms with Gasteiger partial charge in [-0.25, -0.2) is 12.7 Å². The summed E-state index contributed by atoms with van der Waals surface area (Å²) in [5.41, 5.74) is 4.82. The van der Waals surface area contributed by atoms with Crippen LogP contribution in [0, 0.1) is 27.7 Å². The summed E-state index contributed by atoms with van der Waals surface area (Å²) < 4.78 is 25.9. The topological polar surface area (TPSA) is 66.5 Å². The van der Waals surface area contributed by atoms with Gasteiger partial charge in [0.15, 0.2) is 0 Å². The van der Waals surface area contributed by atoms with Crippen molar-refractivity contribution in [2.75, 3.05) is 19.4 Å². The van der Waals surface area contributed by atoms with Crippen molar-refractivity contribution < 1.29 is 13.2 Å². The van der Waals surface area contributed by atoms with E-state index in [1.165, 1.54) is 37.5 Å². The highest BCUT2D eigenvalue weighted by atomic mass is 32.2. The molecule has 0 heterocycles. The molecule has 2 rings (SSSR count). The van der Waals surface area contributed by atoms with Gasteiger partial charge in [0.25, 0.3) is 0 Å². The fourth-order valence-corrected chi connectivity index (χ4v) is 4.86. The molecule has 1 amide bonds. The highest BCUT2D eigenvalue weighted by Crippen LogP contribution is 2.32. The lowest BCUT2D eigenvalue weighted by Gasteiger charge is -2.18. The number of nitrogens with zero attached hydrogens (tertiary/aromatic N) is 1. The second-order valence-electron chi connectivity index (χ2n) is 7.24. The average molecular weight is 421 g/mol. The molecule has 5 nitrogen and oxygen atoms in total. The molecule has 7 heteroatoms. The molecule has 0 spiro atoms. The first-order chi connectivity index (χ1) is 12.9. The number of benzene rings is 2. The molecule has 0 aliphatic rings. The van der Waals surface area contributed by atoms with Crippen LogP contribution in [0.1, 0.15) is 29.2 Å². The van der Waals surface area contributed by atoms with E-state index < -0.39 is 10.0 Å². The Morgan fingerprint density at radius 2 is 1.57 bits per heavy atom. The summed E-state index contributed by atoms with van der Waals surface area (Å²) in [4.78, 5) is 14.0. The summed E-state index contributed by atoms with van der Waals surface area (Å²) in [6, 6.07) is 9.00. The number of carbonyl (C=O) groups is 1. The first kappa shape index (κ1) is 22.5. The number of nitrogens with one attached hydrogen (secondary N) is 1. The highest BCUT2D eigenvalue weighted by Gasteiger charge is 2.21. The van der Waals surface area contributed by atoms with Gasteiger partial charge in [0.1, 0.15) is 0 Å². The van der Waals surface area contributed by atoms with Crippen molar-refractivity contribution in [2.45, 2.75) is 49.7 Å². The molecule has 28 heavy (non-hydrogen) atoms. The SMILES string of the molecule is Cc1cc(C)c(SC(C)C(=O)Nc2cc(S(=O)(=O)N(C)C)ccc2C)c(C)c1. The minimum Gasteiger partial charge on any atom is -0.325 e. The molecule has 1 unspecified atom stereocenters. The molecule has 2 aromatic carbocycles. The average Bonchev–Trinajstić information content (AvgIpc) is 2.59. The first-order valence-electron chi connectivity index (χ1n) is 9.02. The number of carbonyl (C=O) groups excluding carboxylic acids is 1. The van der Waals surface area contributed by atoms with Crippen molar-refractivity contribution in [3.63, 3.8) is 0 Å². The third kappa shape index (κ3) is 4.96. The Bertz CT molecular complexity index is 976. The van der Waals surface area contributed by atoms with Gasteiger partial charge in [0, 0.05) is 24.7 Å². The maximum absolute atomic E-state index is 12.8. The number of aryl methyl sites for hydroxylation is 4. The number of hydrogen-bond donors (Lipinski definition) is 1. The van der Waals surface area contributed by atoms with Crippen LogP contribution in [0.15, 0.2) is 40.1 Å². The van der Waals surface area contributed by atoms with Crippen LogP contribution in [-0.4, -0.2) is 38.0 Å². The summed E-state index contributed by atoms with van der Waals surface area (Å²) in [6.45, 7) is 9.85. The minimum absolute atomic E-state index is 0.156. The standard InChI is InChI=1S/C21H28N2O3S2/c1-13-10-15(3)20(16(4)11-13)27-17(5)21(24)22-19-12-18(9-8-14(19)2)28(25,26)23(6)7/h8-12,17H,1-7H3,(H,22,24). The van der Waals surface area contributed by atoms with Crippen LogP contribution in [0.4, 0.5) is 5.69 Å². The van der Waals surface area contributed by atoms with E-state index >= 15 is 0 Å². The van der Waals surface area contributed by atoms with Crippen molar-refractivity contribution >= 4 is 33.4 Å². The van der Waals surface area contributed by atoms with Gasteiger partial charge in [-0.05, 0) is 63.4 Å². The Kier molecular flexibility index (Phi) is 6.96. The Balaban J connectivity index is 2.23. The van der Waals surface area contributed by atoms with E-state index in [1.807, 2.05) is 27.7 Å². The number of anilines is 1. The molecule has 1 N–H and O–H groups in total. The van der Waals surface area contributed by atoms with Crippen molar-refractivity contribution in [3.05, 3.63) is 52.6 Å². The van der Waals surface area contributed by atoms with Gasteiger partial charge in [-0.1, -0.05) is 23.8 Å². The Morgan fingerprint density at radius 3 is 2.11 bits per heavy atom. The van der Waals surface area contributed by atoms with Crippen LogP contribution in [0.25, 0.3) is 0 Å². The molecule has 0 aromatic heterocycles. The predicted molar refractivity (Wildman–Crippen MR) is 117 cm³/mol. The predicted octanol–water partition coefficient (Wildman–Crippen LogP) is 4.29. The lowest BCUT2D eigenvalue weighted by Crippen LogP contribution is -2.24. The maximum Gasteiger partial charge on any atom is 0.242 e. The number of sulfonamides is 1. The molecule has 0 saturated heterocycles. The quantitative estimate of drug-likeness (QED) is 0.708. The van der Waals surface area contributed by atoms with Gasteiger partial charge < -0.3 is 5.32 Å². The summed E-state index contributed by atoms with van der Waals surface area (Å²) in [5.74, 6) is -0.160. The van der Waals surface area contributed by atoms with Gasteiger partial charge in [-0.3, -0.25) is 4.79 Å². The molecule has 0 aliphatic carbocycles. The summed E-state index contributed by atoms with van der Waals surface area (Å²) in [7, 11) is -0.590. The molecule has 0 aliphatic heterocycles. The molecule has 0 fully saturated rings. The molecular weight excluding hydrogens is 392 g/mol. The lowest BCUT2D eigenvalue weighted by atomic mass is 10.1. The third-order valence-corrected chi connectivity index (χ3v) is 7.77. The van der Waals surface area contributed by atoms with Gasteiger partial charge >= 0.3 is 0 Å². The van der Waals surface area contributed by atoms with E-state index in [2.05, 4.69) is 24.4 Å². The molecule has 0 saturated carbocycles. The van der Waals surface area contributed by atoms with Crippen molar-refractivity contribution in [1.29, 1.82) is 0 Å². The van der Waals surface area contributed by atoms with E-state index in [0.29, 0.717) is 5.69 Å². The Hall–Kier alpha value is -1.83. The van der Waals surface area contributed by atoms with Gasteiger partial charge in [-0.15, -0.1) is 11.8 Å². The van der Waals surface area contributed by atoms with E-state index in [0.717, 1.165) is 25.9 Å². The molecule has 1 atom stereocenters. The molecule has 0 radical (unpaired) electrons. The van der Waals surface area contributed by atoms with Crippen LogP contribution in [0.3, 0.4) is 0 Å². The summed E-state index contributed by atoms with van der Waals surface area (Å²) in [5, 5.41) is 2.56. The highest BCUT2D eigenvalue weighted by molar-refractivity contribution is 8.00. The van der Waals surface area contributed by atoms with Crippen molar-refractivity contribution in [3.8, 4) is 0 Å². The van der Waals surface area contributed by atoms with E-state index in [4.69, 9.17) is 0 Å². The number of thioether (sulfide) groups is 1. The number of rotatable bonds is 6. The lowest BCUT2D eigenvalue weighted by molar-refractivity contribution is -0.115. The van der Waals surface area contributed by atoms with Crippen molar-refractivity contribution in [1.82, 2.24) is 4.31 Å². The van der Waals surface area contributed by atoms with Crippen LogP contribution in [0.2, 0.25) is 0 Å². The summed E-state index contributed by atoms with van der Waals surface area (Å²) >= 11 is 1.51. The molecular formula is C21H28N2O3S2. The van der Waals surface area contributed by atoms with Crippen LogP contribution in [-0.2, 0) is 14.8 Å². The number of amides is 1. The number of hydrogen-bond acceptors (Lipinski definition) is 4. The zero-order chi connectivity index (χ0) is 21.2. The van der Waals surface area contributed by atoms with E-state index in [-0.39, 0.29) is 16.1 Å². The normalized spacial score (nSPS) is 12.9. The fraction of sp³-hybridized carbons (Fsp3) is 0.381. The summed E-state index contributed by atoms with van der Waals surface area (Å²) in [6.07, 6.45) is 0. The largest absolute Gasteiger partial charge is 0.325 e. The van der Waals surface area contributed by atoms with Gasteiger partial charge in [0.05, 0.1) is 10.1 Å². The smallest absolute Gasteiger partial charge is 0.242 e. The second-order valence-corrected chi connectivity index (χ2v) is 10.7. The fourth-order valence-electron chi connectivity index (χ4n) is 2.92.